The van der Waals surface area contributed by atoms with Gasteiger partial charge in [0.15, 0.2) is 0 Å². The summed E-state index contributed by atoms with van der Waals surface area (Å²) in [4.78, 5) is 28.1. The molecule has 1 aliphatic heterocycles. The Morgan fingerprint density at radius 3 is 2.48 bits per heavy atom. The van der Waals surface area contributed by atoms with Gasteiger partial charge >= 0.3 is 12.0 Å². The van der Waals surface area contributed by atoms with Gasteiger partial charge in [-0.1, -0.05) is 6.07 Å². The predicted octanol–water partition coefficient (Wildman–Crippen LogP) is 4.25. The molecule has 0 bridgehead atoms. The summed E-state index contributed by atoms with van der Waals surface area (Å²) in [7, 11) is 1.58. The van der Waals surface area contributed by atoms with E-state index in [1.807, 2.05) is 17.5 Å². The van der Waals surface area contributed by atoms with Crippen molar-refractivity contribution in [2.24, 2.45) is 0 Å². The monoisotopic (exact) mass is 386 g/mol. The van der Waals surface area contributed by atoms with Crippen LogP contribution in [0.4, 0.5) is 10.5 Å². The van der Waals surface area contributed by atoms with Crippen LogP contribution in [-0.4, -0.2) is 25.2 Å². The zero-order chi connectivity index (χ0) is 19.6. The molecule has 0 fully saturated rings. The fourth-order valence-electron chi connectivity index (χ4n) is 3.00. The van der Waals surface area contributed by atoms with Gasteiger partial charge in [0.1, 0.15) is 5.75 Å². The summed E-state index contributed by atoms with van der Waals surface area (Å²) in [5.74, 6) is 0.258. The number of benzene rings is 1. The Bertz CT molecular complexity index is 857. The van der Waals surface area contributed by atoms with Crippen LogP contribution in [-0.2, 0) is 9.53 Å². The number of carbonyl (C=O) groups is 2. The number of esters is 1. The van der Waals surface area contributed by atoms with Crippen LogP contribution in [0.25, 0.3) is 0 Å². The Kier molecular flexibility index (Phi) is 5.51. The molecule has 0 radical (unpaired) electrons. The van der Waals surface area contributed by atoms with Gasteiger partial charge < -0.3 is 14.8 Å². The molecule has 0 aliphatic carbocycles. The van der Waals surface area contributed by atoms with Crippen molar-refractivity contribution in [3.8, 4) is 5.75 Å². The van der Waals surface area contributed by atoms with Gasteiger partial charge in [-0.05, 0) is 56.5 Å². The first kappa shape index (κ1) is 19.0. The third-order valence-corrected chi connectivity index (χ3v) is 5.14. The number of carbonyl (C=O) groups excluding carboxylic acids is 2. The molecule has 1 aromatic carbocycles. The van der Waals surface area contributed by atoms with E-state index in [0.29, 0.717) is 22.7 Å². The number of thiophene rings is 1. The number of urea groups is 1. The second kappa shape index (κ2) is 7.84. The minimum Gasteiger partial charge on any atom is -0.497 e. The van der Waals surface area contributed by atoms with Crippen molar-refractivity contribution in [3.63, 3.8) is 0 Å². The largest absolute Gasteiger partial charge is 0.497 e. The fourth-order valence-corrected chi connectivity index (χ4v) is 3.78. The number of hydrogen-bond donors (Lipinski definition) is 1. The number of hydrogen-bond acceptors (Lipinski definition) is 5. The Labute approximate surface area is 162 Å². The lowest BCUT2D eigenvalue weighted by Gasteiger charge is -2.35. The normalized spacial score (nSPS) is 17.1. The number of methoxy groups -OCH3 is 1. The van der Waals surface area contributed by atoms with E-state index in [0.717, 1.165) is 4.88 Å². The summed E-state index contributed by atoms with van der Waals surface area (Å²) >= 11 is 1.48. The molecule has 0 saturated heterocycles. The third kappa shape index (κ3) is 3.83. The summed E-state index contributed by atoms with van der Waals surface area (Å²) in [5.41, 5.74) is 1.62. The molecule has 2 heterocycles. The summed E-state index contributed by atoms with van der Waals surface area (Å²) < 4.78 is 10.6. The average Bonchev–Trinajstić information content (AvgIpc) is 3.15. The van der Waals surface area contributed by atoms with E-state index < -0.39 is 12.0 Å². The molecule has 2 amide bonds. The van der Waals surface area contributed by atoms with Gasteiger partial charge in [0.05, 0.1) is 30.5 Å². The van der Waals surface area contributed by atoms with E-state index in [1.165, 1.54) is 16.2 Å². The van der Waals surface area contributed by atoms with E-state index in [2.05, 4.69) is 5.32 Å². The second-order valence-corrected chi connectivity index (χ2v) is 7.36. The molecule has 2 aromatic rings. The second-order valence-electron chi connectivity index (χ2n) is 6.38. The molecule has 6 nitrogen and oxygen atoms in total. The molecule has 1 atom stereocenters. The van der Waals surface area contributed by atoms with Crippen molar-refractivity contribution >= 4 is 29.0 Å². The number of rotatable bonds is 5. The van der Waals surface area contributed by atoms with Crippen LogP contribution in [0, 0.1) is 0 Å². The number of amides is 2. The Balaban J connectivity index is 2.07. The van der Waals surface area contributed by atoms with Crippen molar-refractivity contribution in [3.05, 3.63) is 57.9 Å². The van der Waals surface area contributed by atoms with Crippen LogP contribution < -0.4 is 15.0 Å². The highest BCUT2D eigenvalue weighted by molar-refractivity contribution is 7.10. The molecule has 27 heavy (non-hydrogen) atoms. The first-order valence-corrected chi connectivity index (χ1v) is 9.50. The van der Waals surface area contributed by atoms with Crippen LogP contribution >= 0.6 is 11.3 Å². The van der Waals surface area contributed by atoms with Crippen LogP contribution in [0.2, 0.25) is 0 Å². The molecule has 1 N–H and O–H groups in total. The molecular formula is C20H22N2O4S. The molecule has 0 unspecified atom stereocenters. The third-order valence-electron chi connectivity index (χ3n) is 4.21. The van der Waals surface area contributed by atoms with Crippen molar-refractivity contribution in [2.75, 3.05) is 12.0 Å². The highest BCUT2D eigenvalue weighted by Gasteiger charge is 2.37. The molecule has 142 valence electrons. The lowest BCUT2D eigenvalue weighted by Crippen LogP contribution is -2.48. The fraction of sp³-hybridized carbons (Fsp3) is 0.300. The molecule has 1 aromatic heterocycles. The number of ether oxygens (including phenoxy) is 2. The quantitative estimate of drug-likeness (QED) is 0.780. The minimum atomic E-state index is -0.529. The van der Waals surface area contributed by atoms with Gasteiger partial charge in [-0.15, -0.1) is 11.3 Å². The highest BCUT2D eigenvalue weighted by atomic mass is 32.1. The first-order valence-electron chi connectivity index (χ1n) is 8.62. The average molecular weight is 386 g/mol. The predicted molar refractivity (Wildman–Crippen MR) is 105 cm³/mol. The van der Waals surface area contributed by atoms with Gasteiger partial charge in [-0.25, -0.2) is 9.59 Å². The molecule has 1 aliphatic rings. The van der Waals surface area contributed by atoms with Gasteiger partial charge in [0.25, 0.3) is 0 Å². The summed E-state index contributed by atoms with van der Waals surface area (Å²) in [6.45, 7) is 5.37. The Hall–Kier alpha value is -2.80. The van der Waals surface area contributed by atoms with E-state index in [-0.39, 0.29) is 12.1 Å². The smallest absolute Gasteiger partial charge is 0.338 e. The molecule has 7 heteroatoms. The topological polar surface area (TPSA) is 67.9 Å². The Morgan fingerprint density at radius 2 is 1.93 bits per heavy atom. The van der Waals surface area contributed by atoms with Crippen LogP contribution in [0.15, 0.2) is 53.0 Å². The van der Waals surface area contributed by atoms with Crippen molar-refractivity contribution in [2.45, 2.75) is 32.9 Å². The summed E-state index contributed by atoms with van der Waals surface area (Å²) in [6.07, 6.45) is -0.256. The van der Waals surface area contributed by atoms with Gasteiger partial charge in [0.2, 0.25) is 0 Å². The van der Waals surface area contributed by atoms with Crippen molar-refractivity contribution < 1.29 is 19.1 Å². The van der Waals surface area contributed by atoms with Crippen LogP contribution in [0.1, 0.15) is 31.7 Å². The number of nitrogens with one attached hydrogen (secondary N) is 1. The maximum atomic E-state index is 12.9. The van der Waals surface area contributed by atoms with E-state index in [1.54, 1.807) is 52.1 Å². The maximum absolute atomic E-state index is 12.9. The van der Waals surface area contributed by atoms with Crippen LogP contribution in [0.3, 0.4) is 0 Å². The van der Waals surface area contributed by atoms with Crippen LogP contribution in [0.5, 0.6) is 5.75 Å². The molecule has 0 spiro atoms. The van der Waals surface area contributed by atoms with Gasteiger partial charge in [-0.3, -0.25) is 4.90 Å². The summed E-state index contributed by atoms with van der Waals surface area (Å²) in [5, 5.41) is 4.85. The SMILES string of the molecule is COc1ccc(N2C(=O)N[C@@H](c3cccs3)C(C(=O)OC(C)C)=C2C)cc1. The number of nitrogens with zero attached hydrogens (tertiary/aromatic N) is 1. The van der Waals surface area contributed by atoms with Crippen molar-refractivity contribution in [1.82, 2.24) is 5.32 Å². The number of allylic oxidation sites excluding steroid dienone is 1. The molecule has 3 rings (SSSR count). The van der Waals surface area contributed by atoms with Gasteiger partial charge in [-0.2, -0.15) is 0 Å². The standard InChI is InChI=1S/C20H22N2O4S/c1-12(2)26-19(23)17-13(3)22(14-7-9-15(25-4)10-8-14)20(24)21-18(17)16-6-5-11-27-16/h5-12,18H,1-4H3,(H,21,24)/t18-/m0/s1. The van der Waals surface area contributed by atoms with E-state index in [4.69, 9.17) is 9.47 Å². The lowest BCUT2D eigenvalue weighted by atomic mass is 10.00. The summed E-state index contributed by atoms with van der Waals surface area (Å²) in [6, 6.07) is 10.1. The number of anilines is 1. The highest BCUT2D eigenvalue weighted by Crippen LogP contribution is 2.36. The molecular weight excluding hydrogens is 364 g/mol. The van der Waals surface area contributed by atoms with Crippen molar-refractivity contribution in [1.29, 1.82) is 0 Å². The van der Waals surface area contributed by atoms with Gasteiger partial charge in [0, 0.05) is 10.6 Å². The minimum absolute atomic E-state index is 0.256. The van der Waals surface area contributed by atoms with E-state index in [9.17, 15) is 9.59 Å². The van der Waals surface area contributed by atoms with E-state index >= 15 is 0 Å². The Morgan fingerprint density at radius 1 is 1.22 bits per heavy atom. The first-order chi connectivity index (χ1) is 12.9. The zero-order valence-electron chi connectivity index (χ0n) is 15.7. The molecule has 0 saturated carbocycles. The maximum Gasteiger partial charge on any atom is 0.338 e. The zero-order valence-corrected chi connectivity index (χ0v) is 16.5. The lowest BCUT2D eigenvalue weighted by molar-refractivity contribution is -0.143.